The van der Waals surface area contributed by atoms with Crippen LogP contribution < -0.4 is 0 Å². The van der Waals surface area contributed by atoms with Crippen LogP contribution in [0.1, 0.15) is 6.92 Å². The molecule has 0 aromatic heterocycles. The van der Waals surface area contributed by atoms with Gasteiger partial charge in [0.1, 0.15) is 0 Å². The van der Waals surface area contributed by atoms with E-state index < -0.39 is 5.09 Å². The maximum absolute atomic E-state index is 9.18. The molecule has 54 valence electrons. The van der Waals surface area contributed by atoms with Gasteiger partial charge in [-0.05, 0) is 6.92 Å². The summed E-state index contributed by atoms with van der Waals surface area (Å²) in [5.41, 5.74) is 0. The minimum Gasteiger partial charge on any atom is -0.379 e. The summed E-state index contributed by atoms with van der Waals surface area (Å²) in [6.45, 7) is 1.69. The van der Waals surface area contributed by atoms with Crippen molar-refractivity contribution in [2.24, 2.45) is 5.34 Å². The van der Waals surface area contributed by atoms with E-state index >= 15 is 0 Å². The Morgan fingerprint density at radius 3 is 2.22 bits per heavy atom. The lowest BCUT2D eigenvalue weighted by molar-refractivity contribution is -0.756. The minimum absolute atomic E-state index is 0.132. The van der Waals surface area contributed by atoms with E-state index in [0.29, 0.717) is 0 Å². The van der Waals surface area contributed by atoms with Crippen molar-refractivity contribution < 1.29 is 15.1 Å². The zero-order valence-electron chi connectivity index (χ0n) is 4.68. The molecule has 0 rings (SSSR count). The van der Waals surface area contributed by atoms with Crippen LogP contribution in [0.15, 0.2) is 5.34 Å². The molecule has 0 radical (unpaired) electrons. The van der Waals surface area contributed by atoms with Crippen LogP contribution in [0.3, 0.4) is 0 Å². The van der Waals surface area contributed by atoms with Crippen LogP contribution in [0.4, 0.5) is 0 Å². The maximum Gasteiger partial charge on any atom is 0.294 e. The fourth-order valence-electron chi connectivity index (χ4n) is 0.105. The Morgan fingerprint density at radius 1 is 1.89 bits per heavy atom. The first-order valence-electron chi connectivity index (χ1n) is 1.93. The average molecular weight is 138 g/mol. The summed E-state index contributed by atoms with van der Waals surface area (Å²) in [7, 11) is 0. The Kier molecular flexibility index (Phi) is 11.5. The van der Waals surface area contributed by atoms with Gasteiger partial charge in [0, 0.05) is 0 Å². The molecule has 7 heteroatoms. The highest BCUT2D eigenvalue weighted by molar-refractivity contribution is 3.95. The van der Waals surface area contributed by atoms with Gasteiger partial charge in [-0.15, -0.1) is 15.0 Å². The monoisotopic (exact) mass is 138 g/mol. The summed E-state index contributed by atoms with van der Waals surface area (Å²) in [6, 6.07) is 0. The van der Waals surface area contributed by atoms with Crippen LogP contribution >= 0.6 is 0 Å². The van der Waals surface area contributed by atoms with Crippen LogP contribution in [0.2, 0.25) is 0 Å². The number of hydrogen-bond acceptors (Lipinski definition) is 5. The van der Waals surface area contributed by atoms with E-state index in [1.807, 2.05) is 0 Å². The third kappa shape index (κ3) is 54.6. The lowest BCUT2D eigenvalue weighted by Gasteiger charge is -1.83. The fourth-order valence-corrected chi connectivity index (χ4v) is 0.105. The first-order valence-corrected chi connectivity index (χ1v) is 1.93. The molecule has 0 saturated carbocycles. The molecule has 0 saturated heterocycles. The molecule has 0 bridgehead atoms. The lowest BCUT2D eigenvalue weighted by Crippen LogP contribution is -1.97. The molecule has 0 unspecified atom stereocenters. The second-order valence-corrected chi connectivity index (χ2v) is 0.723. The lowest BCUT2D eigenvalue weighted by atomic mass is 10.9. The van der Waals surface area contributed by atoms with Crippen molar-refractivity contribution in [3.63, 3.8) is 0 Å². The van der Waals surface area contributed by atoms with E-state index in [1.165, 1.54) is 5.34 Å². The molecule has 1 N–H and O–H groups in total. The van der Waals surface area contributed by atoms with E-state index in [1.54, 1.807) is 6.92 Å². The van der Waals surface area contributed by atoms with Gasteiger partial charge in [0.05, 0.1) is 6.61 Å². The van der Waals surface area contributed by atoms with Gasteiger partial charge in [0.2, 0.25) is 0 Å². The molecular weight excluding hydrogens is 132 g/mol. The van der Waals surface area contributed by atoms with Crippen molar-refractivity contribution in [3.05, 3.63) is 15.0 Å². The van der Waals surface area contributed by atoms with Crippen LogP contribution in [0.5, 0.6) is 0 Å². The Hall–Kier alpha value is -1.40. The zero-order chi connectivity index (χ0) is 7.70. The average Bonchev–Trinajstić information content (AvgIpc) is 1.67. The summed E-state index contributed by atoms with van der Waals surface area (Å²) < 4.78 is 0. The van der Waals surface area contributed by atoms with Crippen molar-refractivity contribution >= 4 is 0 Å². The Bertz CT molecular complexity index is 83.0. The molecular formula is C2H6N2O5. The van der Waals surface area contributed by atoms with Crippen molar-refractivity contribution in [2.75, 3.05) is 6.61 Å². The Labute approximate surface area is 50.3 Å². The summed E-state index contributed by atoms with van der Waals surface area (Å²) in [5.74, 6) is 0. The SMILES string of the molecule is CCO[N+](=O)[O-].O=NO. The highest BCUT2D eigenvalue weighted by atomic mass is 16.9. The number of hydrogen-bond donors (Lipinski definition) is 1. The van der Waals surface area contributed by atoms with Crippen LogP contribution in [-0.2, 0) is 4.84 Å². The summed E-state index contributed by atoms with van der Waals surface area (Å²) in [4.78, 5) is 21.1. The molecule has 0 aliphatic carbocycles. The third-order valence-corrected chi connectivity index (χ3v) is 0.235. The predicted octanol–water partition coefficient (Wildman–Crippen LogP) is 0.357. The molecule has 0 spiro atoms. The van der Waals surface area contributed by atoms with Crippen molar-refractivity contribution in [1.29, 1.82) is 0 Å². The van der Waals surface area contributed by atoms with Gasteiger partial charge in [0.25, 0.3) is 5.09 Å². The normalized spacial score (nSPS) is 6.33. The molecule has 0 atom stereocenters. The molecule has 7 nitrogen and oxygen atoms in total. The van der Waals surface area contributed by atoms with Gasteiger partial charge in [-0.25, -0.2) is 0 Å². The summed E-state index contributed by atoms with van der Waals surface area (Å²) in [6.07, 6.45) is 0. The van der Waals surface area contributed by atoms with Crippen LogP contribution in [0.25, 0.3) is 0 Å². The van der Waals surface area contributed by atoms with Gasteiger partial charge in [-0.3, -0.25) is 0 Å². The molecule has 9 heavy (non-hydrogen) atoms. The molecule has 0 aromatic rings. The van der Waals surface area contributed by atoms with Gasteiger partial charge in [0.15, 0.2) is 5.34 Å². The first-order chi connectivity index (χ1) is 4.18. The highest BCUT2D eigenvalue weighted by Crippen LogP contribution is 1.67. The van der Waals surface area contributed by atoms with E-state index in [9.17, 15) is 10.1 Å². The van der Waals surface area contributed by atoms with E-state index in [0.717, 1.165) is 0 Å². The molecule has 0 fully saturated rings. The molecule has 0 aromatic carbocycles. The summed E-state index contributed by atoms with van der Waals surface area (Å²) in [5, 5.41) is 16.3. The van der Waals surface area contributed by atoms with Gasteiger partial charge in [-0.2, -0.15) is 0 Å². The predicted molar refractivity (Wildman–Crippen MR) is 26.2 cm³/mol. The highest BCUT2D eigenvalue weighted by Gasteiger charge is 1.83. The second-order valence-electron chi connectivity index (χ2n) is 0.723. The molecule has 0 aliphatic heterocycles. The van der Waals surface area contributed by atoms with Gasteiger partial charge < -0.3 is 10.0 Å². The molecule has 0 amide bonds. The number of rotatable bonds is 2. The standard InChI is InChI=1S/C2H5NO3.HNO2/c1-2-6-3(4)5;2-1-3/h2H2,1H3;(H,2,3). The van der Waals surface area contributed by atoms with Gasteiger partial charge in [-0.1, -0.05) is 0 Å². The largest absolute Gasteiger partial charge is 0.379 e. The van der Waals surface area contributed by atoms with Crippen molar-refractivity contribution in [3.8, 4) is 0 Å². The number of nitrogens with zero attached hydrogens (tertiary/aromatic N) is 2. The quantitative estimate of drug-likeness (QED) is 0.337. The molecule has 0 aliphatic rings. The summed E-state index contributed by atoms with van der Waals surface area (Å²) >= 11 is 0. The van der Waals surface area contributed by atoms with E-state index in [4.69, 9.17) is 10.1 Å². The molecule has 0 heterocycles. The first kappa shape index (κ1) is 10.6. The zero-order valence-corrected chi connectivity index (χ0v) is 4.68. The van der Waals surface area contributed by atoms with Crippen molar-refractivity contribution in [2.45, 2.75) is 6.92 Å². The van der Waals surface area contributed by atoms with E-state index in [2.05, 4.69) is 4.84 Å². The second kappa shape index (κ2) is 9.78. The topological polar surface area (TPSA) is 102 Å². The van der Waals surface area contributed by atoms with Gasteiger partial charge >= 0.3 is 0 Å². The minimum atomic E-state index is -0.819. The van der Waals surface area contributed by atoms with Crippen LogP contribution in [-0.4, -0.2) is 16.9 Å². The third-order valence-electron chi connectivity index (χ3n) is 0.235. The van der Waals surface area contributed by atoms with Crippen molar-refractivity contribution in [1.82, 2.24) is 0 Å². The van der Waals surface area contributed by atoms with Crippen LogP contribution in [0, 0.1) is 15.0 Å². The fraction of sp³-hybridized carbons (Fsp3) is 1.00. The Balaban J connectivity index is 0. The smallest absolute Gasteiger partial charge is 0.294 e. The Morgan fingerprint density at radius 2 is 2.22 bits per heavy atom. The van der Waals surface area contributed by atoms with E-state index in [-0.39, 0.29) is 6.61 Å². The maximum atomic E-state index is 9.18.